The maximum atomic E-state index is 13.3. The van der Waals surface area contributed by atoms with Crippen LogP contribution in [0, 0.1) is 0 Å². The van der Waals surface area contributed by atoms with Crippen molar-refractivity contribution in [2.24, 2.45) is 0 Å². The van der Waals surface area contributed by atoms with Crippen molar-refractivity contribution in [3.63, 3.8) is 0 Å². The van der Waals surface area contributed by atoms with E-state index in [-0.39, 0.29) is 37.4 Å². The fourth-order valence-corrected chi connectivity index (χ4v) is 5.27. The molecule has 12 nitrogen and oxygen atoms in total. The molecule has 0 aliphatic carbocycles. The Morgan fingerprint density at radius 1 is 0.727 bits per heavy atom. The molecular formula is C32H39N5O7. The first-order chi connectivity index (χ1) is 21.4. The molecule has 4 rings (SSSR count). The van der Waals surface area contributed by atoms with Crippen LogP contribution in [0.4, 0.5) is 9.59 Å². The van der Waals surface area contributed by atoms with Crippen LogP contribution < -0.4 is 21.3 Å². The largest absolute Gasteiger partial charge is 0.463 e. The molecule has 12 heteroatoms. The number of hydrogen-bond donors (Lipinski definition) is 4. The lowest BCUT2D eigenvalue weighted by molar-refractivity contribution is -0.140. The number of carbonyl (C=O) groups excluding carboxylic acids is 4. The van der Waals surface area contributed by atoms with E-state index >= 15 is 0 Å². The highest BCUT2D eigenvalue weighted by Crippen LogP contribution is 2.30. The Labute approximate surface area is 256 Å². The van der Waals surface area contributed by atoms with E-state index in [9.17, 15) is 19.2 Å². The van der Waals surface area contributed by atoms with Gasteiger partial charge in [-0.05, 0) is 31.4 Å². The third-order valence-electron chi connectivity index (χ3n) is 7.15. The molecule has 44 heavy (non-hydrogen) atoms. The SMILES string of the molecule is CCOC(=O)C1=C(CN(CCCOC)CC2=C(C(=O)OCC)[C@@H](c3ccccc3)NC(=O)N2)NC(=O)N[C@@H]1c1ccccc1. The quantitative estimate of drug-likeness (QED) is 0.190. The van der Waals surface area contributed by atoms with Crippen LogP contribution in [0.5, 0.6) is 0 Å². The first-order valence-electron chi connectivity index (χ1n) is 14.6. The van der Waals surface area contributed by atoms with Crippen LogP contribution in [-0.4, -0.2) is 75.5 Å². The molecule has 0 fully saturated rings. The summed E-state index contributed by atoms with van der Waals surface area (Å²) in [5, 5.41) is 11.3. The predicted molar refractivity (Wildman–Crippen MR) is 162 cm³/mol. The smallest absolute Gasteiger partial charge is 0.338 e. The Balaban J connectivity index is 1.77. The van der Waals surface area contributed by atoms with E-state index in [1.807, 2.05) is 65.6 Å². The number of nitrogens with one attached hydrogen (secondary N) is 4. The number of esters is 2. The first-order valence-corrected chi connectivity index (χ1v) is 14.6. The van der Waals surface area contributed by atoms with Gasteiger partial charge in [0.25, 0.3) is 0 Å². The number of methoxy groups -OCH3 is 1. The Bertz CT molecular complexity index is 1290. The van der Waals surface area contributed by atoms with Gasteiger partial charge in [-0.25, -0.2) is 19.2 Å². The molecule has 4 N–H and O–H groups in total. The molecule has 4 amide bonds. The predicted octanol–water partition coefficient (Wildman–Crippen LogP) is 3.07. The molecule has 0 spiro atoms. The number of hydrogen-bond acceptors (Lipinski definition) is 8. The molecular weight excluding hydrogens is 566 g/mol. The number of benzene rings is 2. The van der Waals surface area contributed by atoms with Crippen LogP contribution in [0.3, 0.4) is 0 Å². The summed E-state index contributed by atoms with van der Waals surface area (Å²) in [5.74, 6) is -1.13. The van der Waals surface area contributed by atoms with Gasteiger partial charge < -0.3 is 35.5 Å². The third-order valence-corrected chi connectivity index (χ3v) is 7.15. The second-order valence-corrected chi connectivity index (χ2v) is 10.2. The monoisotopic (exact) mass is 605 g/mol. The molecule has 2 aliphatic rings. The fraction of sp³-hybridized carbons (Fsp3) is 0.375. The van der Waals surface area contributed by atoms with E-state index in [0.717, 1.165) is 11.1 Å². The van der Waals surface area contributed by atoms with E-state index in [1.165, 1.54) is 0 Å². The van der Waals surface area contributed by atoms with Crippen molar-refractivity contribution >= 4 is 24.0 Å². The summed E-state index contributed by atoms with van der Waals surface area (Å²) in [6, 6.07) is 15.9. The minimum absolute atomic E-state index is 0.105. The van der Waals surface area contributed by atoms with Gasteiger partial charge in [-0.3, -0.25) is 4.90 Å². The minimum Gasteiger partial charge on any atom is -0.463 e. The number of rotatable bonds is 14. The Morgan fingerprint density at radius 3 is 1.55 bits per heavy atom. The third kappa shape index (κ3) is 8.03. The summed E-state index contributed by atoms with van der Waals surface area (Å²) in [6.45, 7) is 4.84. The molecule has 2 atom stereocenters. The maximum absolute atomic E-state index is 13.3. The van der Waals surface area contributed by atoms with Gasteiger partial charge in [-0.15, -0.1) is 0 Å². The molecule has 234 valence electrons. The minimum atomic E-state index is -0.741. The molecule has 0 saturated heterocycles. The van der Waals surface area contributed by atoms with E-state index in [1.54, 1.807) is 21.0 Å². The zero-order chi connectivity index (χ0) is 31.5. The molecule has 0 unspecified atom stereocenters. The van der Waals surface area contributed by atoms with Crippen molar-refractivity contribution in [3.05, 3.63) is 94.3 Å². The number of carbonyl (C=O) groups is 4. The Morgan fingerprint density at radius 2 is 1.16 bits per heavy atom. The lowest BCUT2D eigenvalue weighted by Crippen LogP contribution is -2.51. The Kier molecular flexibility index (Phi) is 11.5. The fourth-order valence-electron chi connectivity index (χ4n) is 5.27. The summed E-state index contributed by atoms with van der Waals surface area (Å²) < 4.78 is 16.1. The second-order valence-electron chi connectivity index (χ2n) is 10.2. The summed E-state index contributed by atoms with van der Waals surface area (Å²) >= 11 is 0. The van der Waals surface area contributed by atoms with Crippen molar-refractivity contribution in [2.75, 3.05) is 46.6 Å². The summed E-state index contributed by atoms with van der Waals surface area (Å²) in [7, 11) is 1.60. The highest BCUT2D eigenvalue weighted by Gasteiger charge is 2.37. The van der Waals surface area contributed by atoms with Crippen LogP contribution in [0.15, 0.2) is 83.2 Å². The van der Waals surface area contributed by atoms with Crippen LogP contribution in [0.25, 0.3) is 0 Å². The second kappa shape index (κ2) is 15.7. The average Bonchev–Trinajstić information content (AvgIpc) is 3.01. The van der Waals surface area contributed by atoms with Gasteiger partial charge >= 0.3 is 24.0 Å². The summed E-state index contributed by atoms with van der Waals surface area (Å²) in [6.07, 6.45) is 0.600. The van der Waals surface area contributed by atoms with Gasteiger partial charge in [0.2, 0.25) is 0 Å². The summed E-state index contributed by atoms with van der Waals surface area (Å²) in [5.41, 5.74) is 2.69. The van der Waals surface area contributed by atoms with E-state index in [4.69, 9.17) is 14.2 Å². The van der Waals surface area contributed by atoms with Gasteiger partial charge in [0.15, 0.2) is 0 Å². The summed E-state index contributed by atoms with van der Waals surface area (Å²) in [4.78, 5) is 54.4. The molecule has 0 saturated carbocycles. The van der Waals surface area contributed by atoms with Crippen molar-refractivity contribution < 1.29 is 33.4 Å². The van der Waals surface area contributed by atoms with E-state index in [0.29, 0.717) is 31.0 Å². The molecule has 2 aromatic carbocycles. The number of nitrogens with zero attached hydrogens (tertiary/aromatic N) is 1. The van der Waals surface area contributed by atoms with Crippen molar-refractivity contribution in [3.8, 4) is 0 Å². The molecule has 0 bridgehead atoms. The van der Waals surface area contributed by atoms with Crippen molar-refractivity contribution in [1.29, 1.82) is 0 Å². The Hall–Kier alpha value is -4.68. The normalized spacial score (nSPS) is 18.3. The molecule has 2 aromatic rings. The standard InChI is InChI=1S/C32H39N5O7/c1-4-43-29(38)25-23(33-31(40)35-27(25)21-13-8-6-9-14-21)19-37(17-12-18-42-3)20-24-26(30(39)44-5-2)28(36-32(41)34-24)22-15-10-7-11-16-22/h6-11,13-16,27-28H,4-5,12,17-20H2,1-3H3,(H2,33,35,40)(H2,34,36,41)/t27-,28-/m1/s1. The topological polar surface area (TPSA) is 147 Å². The average molecular weight is 606 g/mol. The van der Waals surface area contributed by atoms with Crippen LogP contribution in [0.2, 0.25) is 0 Å². The van der Waals surface area contributed by atoms with Gasteiger partial charge in [0.05, 0.1) is 36.4 Å². The van der Waals surface area contributed by atoms with Gasteiger partial charge in [0, 0.05) is 44.7 Å². The molecule has 0 radical (unpaired) electrons. The van der Waals surface area contributed by atoms with Crippen molar-refractivity contribution in [2.45, 2.75) is 32.4 Å². The van der Waals surface area contributed by atoms with Crippen molar-refractivity contribution in [1.82, 2.24) is 26.2 Å². The number of urea groups is 2. The highest BCUT2D eigenvalue weighted by atomic mass is 16.5. The van der Waals surface area contributed by atoms with Gasteiger partial charge in [-0.2, -0.15) is 0 Å². The van der Waals surface area contributed by atoms with Crippen LogP contribution in [-0.2, 0) is 23.8 Å². The first kappa shape index (κ1) is 32.2. The molecule has 0 aromatic heterocycles. The number of ether oxygens (including phenoxy) is 3. The van der Waals surface area contributed by atoms with E-state index in [2.05, 4.69) is 21.3 Å². The maximum Gasteiger partial charge on any atom is 0.338 e. The van der Waals surface area contributed by atoms with E-state index < -0.39 is 36.1 Å². The van der Waals surface area contributed by atoms with Gasteiger partial charge in [0.1, 0.15) is 0 Å². The van der Waals surface area contributed by atoms with Crippen LogP contribution >= 0.6 is 0 Å². The van der Waals surface area contributed by atoms with Crippen LogP contribution in [0.1, 0.15) is 43.5 Å². The molecule has 2 heterocycles. The lowest BCUT2D eigenvalue weighted by Gasteiger charge is -2.34. The lowest BCUT2D eigenvalue weighted by atomic mass is 9.94. The van der Waals surface area contributed by atoms with Gasteiger partial charge in [-0.1, -0.05) is 60.7 Å². The molecule has 2 aliphatic heterocycles. The zero-order valence-electron chi connectivity index (χ0n) is 25.2. The zero-order valence-corrected chi connectivity index (χ0v) is 25.2. The highest BCUT2D eigenvalue weighted by molar-refractivity contribution is 5.96. The number of amides is 4.